The molecular weight excluding hydrogens is 663 g/mol. The van der Waals surface area contributed by atoms with E-state index in [1.165, 1.54) is 31.3 Å². The van der Waals surface area contributed by atoms with E-state index in [2.05, 4.69) is 188 Å². The zero-order chi connectivity index (χ0) is 35.1. The van der Waals surface area contributed by atoms with E-state index < -0.39 is 0 Å². The van der Waals surface area contributed by atoms with E-state index in [4.69, 9.17) is 15.0 Å². The summed E-state index contributed by atoms with van der Waals surface area (Å²) in [5, 5.41) is 4.70. The largest absolute Gasteiger partial charge is 0.208 e. The number of hydrogen-bond acceptors (Lipinski definition) is 4. The topological polar surface area (TPSA) is 38.7 Å². The van der Waals surface area contributed by atoms with Gasteiger partial charge in [-0.05, 0) is 62.4 Å². The first-order valence-electron chi connectivity index (χ1n) is 17.8. The van der Waals surface area contributed by atoms with Crippen molar-refractivity contribution in [2.75, 3.05) is 0 Å². The van der Waals surface area contributed by atoms with Crippen LogP contribution < -0.4 is 0 Å². The highest BCUT2D eigenvalue weighted by Crippen LogP contribution is 2.42. The van der Waals surface area contributed by atoms with E-state index in [1.807, 2.05) is 0 Å². The maximum Gasteiger partial charge on any atom is 0.165 e. The molecule has 0 unspecified atom stereocenters. The first-order chi connectivity index (χ1) is 26.3. The van der Waals surface area contributed by atoms with Crippen molar-refractivity contribution in [3.8, 4) is 67.5 Å². The Bertz CT molecular complexity index is 2930. The van der Waals surface area contributed by atoms with Gasteiger partial charge >= 0.3 is 0 Å². The Morgan fingerprint density at radius 1 is 0.321 bits per heavy atom. The van der Waals surface area contributed by atoms with Gasteiger partial charge in [-0.3, -0.25) is 0 Å². The molecule has 4 heteroatoms. The van der Waals surface area contributed by atoms with E-state index in [1.54, 1.807) is 11.3 Å². The number of hydrogen-bond donors (Lipinski definition) is 0. The molecule has 2 heterocycles. The fourth-order valence-corrected chi connectivity index (χ4v) is 8.56. The van der Waals surface area contributed by atoms with Crippen molar-refractivity contribution in [1.29, 1.82) is 0 Å². The van der Waals surface area contributed by atoms with Crippen LogP contribution in [0.1, 0.15) is 0 Å². The minimum absolute atomic E-state index is 0.639. The third-order valence-corrected chi connectivity index (χ3v) is 11.2. The van der Waals surface area contributed by atoms with Crippen molar-refractivity contribution in [2.24, 2.45) is 0 Å². The van der Waals surface area contributed by atoms with Gasteiger partial charge in [0.2, 0.25) is 0 Å². The molecule has 0 amide bonds. The van der Waals surface area contributed by atoms with E-state index in [0.29, 0.717) is 17.5 Å². The van der Waals surface area contributed by atoms with E-state index >= 15 is 0 Å². The number of aromatic nitrogens is 3. The second-order valence-electron chi connectivity index (χ2n) is 13.2. The third kappa shape index (κ3) is 5.66. The lowest BCUT2D eigenvalue weighted by atomic mass is 9.93. The van der Waals surface area contributed by atoms with Gasteiger partial charge in [-0.2, -0.15) is 0 Å². The summed E-state index contributed by atoms with van der Waals surface area (Å²) in [5.74, 6) is 1.95. The second-order valence-corrected chi connectivity index (χ2v) is 14.2. The minimum Gasteiger partial charge on any atom is -0.208 e. The van der Waals surface area contributed by atoms with Crippen LogP contribution >= 0.6 is 11.3 Å². The normalized spacial score (nSPS) is 11.4. The smallest absolute Gasteiger partial charge is 0.165 e. The summed E-state index contributed by atoms with van der Waals surface area (Å²) in [5.41, 5.74) is 9.83. The summed E-state index contributed by atoms with van der Waals surface area (Å²) in [6, 6.07) is 66.3. The molecule has 0 bridgehead atoms. The molecular formula is C49H31N3S. The second kappa shape index (κ2) is 13.1. The maximum atomic E-state index is 5.34. The van der Waals surface area contributed by atoms with E-state index in [9.17, 15) is 0 Å². The molecule has 0 radical (unpaired) electrons. The van der Waals surface area contributed by atoms with Crippen molar-refractivity contribution in [3.63, 3.8) is 0 Å². The fraction of sp³-hybridized carbons (Fsp3) is 0. The van der Waals surface area contributed by atoms with Gasteiger partial charge in [0.1, 0.15) is 0 Å². The molecule has 53 heavy (non-hydrogen) atoms. The predicted octanol–water partition coefficient (Wildman–Crippen LogP) is 13.4. The van der Waals surface area contributed by atoms with Crippen LogP contribution in [0.2, 0.25) is 0 Å². The van der Waals surface area contributed by atoms with Gasteiger partial charge in [0.05, 0.1) is 0 Å². The Balaban J connectivity index is 1.18. The molecule has 248 valence electrons. The van der Waals surface area contributed by atoms with Crippen LogP contribution in [0.3, 0.4) is 0 Å². The van der Waals surface area contributed by atoms with Crippen molar-refractivity contribution in [2.45, 2.75) is 0 Å². The number of fused-ring (bicyclic) bond motifs is 4. The SMILES string of the molecule is c1ccc(-c2cccc(-c3ccc(-c4nc(-c5c(-c6ccccc6)ccc6ccccc56)nc(-c5cccc6c5sc5ccccc56)n4)cc3)c2)cc1. The highest BCUT2D eigenvalue weighted by atomic mass is 32.1. The molecule has 0 aliphatic carbocycles. The zero-order valence-corrected chi connectivity index (χ0v) is 29.5. The summed E-state index contributed by atoms with van der Waals surface area (Å²) in [4.78, 5) is 15.9. The quantitative estimate of drug-likeness (QED) is 0.174. The zero-order valence-electron chi connectivity index (χ0n) is 28.6. The van der Waals surface area contributed by atoms with Crippen LogP contribution in [0.5, 0.6) is 0 Å². The standard InChI is InChI=1S/C49H31N3S/c1-3-13-32(14-4-1)37-18-11-19-38(31-37)33-25-27-36(28-26-33)47-50-48(43-23-12-22-42-41-21-9-10-24-44(41)53-46(42)43)52-49(51-47)45-39-20-8-7-17-35(39)29-30-40(45)34-15-5-2-6-16-34/h1-31H. The molecule has 2 aromatic heterocycles. The predicted molar refractivity (Wildman–Crippen MR) is 223 cm³/mol. The van der Waals surface area contributed by atoms with Gasteiger partial charge < -0.3 is 0 Å². The number of rotatable bonds is 6. The highest BCUT2D eigenvalue weighted by molar-refractivity contribution is 7.26. The van der Waals surface area contributed by atoms with Gasteiger partial charge in [-0.15, -0.1) is 11.3 Å². The minimum atomic E-state index is 0.639. The fourth-order valence-electron chi connectivity index (χ4n) is 7.35. The van der Waals surface area contributed by atoms with Gasteiger partial charge in [0, 0.05) is 36.9 Å². The average Bonchev–Trinajstić information content (AvgIpc) is 3.63. The summed E-state index contributed by atoms with van der Waals surface area (Å²) in [7, 11) is 0. The summed E-state index contributed by atoms with van der Waals surface area (Å²) in [6.07, 6.45) is 0. The third-order valence-electron chi connectivity index (χ3n) is 9.96. The lowest BCUT2D eigenvalue weighted by Gasteiger charge is -2.15. The molecule has 0 fully saturated rings. The molecule has 0 saturated carbocycles. The van der Waals surface area contributed by atoms with Gasteiger partial charge in [-0.1, -0.05) is 170 Å². The Labute approximate surface area is 311 Å². The summed E-state index contributed by atoms with van der Waals surface area (Å²) >= 11 is 1.79. The van der Waals surface area contributed by atoms with Gasteiger partial charge in [-0.25, -0.2) is 15.0 Å². The molecule has 0 aliphatic heterocycles. The molecule has 10 aromatic rings. The molecule has 0 spiro atoms. The molecule has 8 aromatic carbocycles. The first-order valence-corrected chi connectivity index (χ1v) is 18.6. The molecule has 3 nitrogen and oxygen atoms in total. The van der Waals surface area contributed by atoms with Crippen LogP contribution in [-0.4, -0.2) is 15.0 Å². The van der Waals surface area contributed by atoms with Crippen LogP contribution in [0.4, 0.5) is 0 Å². The van der Waals surface area contributed by atoms with Crippen LogP contribution in [0, 0.1) is 0 Å². The van der Waals surface area contributed by atoms with E-state index in [0.717, 1.165) is 49.7 Å². The Kier molecular flexibility index (Phi) is 7.67. The lowest BCUT2D eigenvalue weighted by Crippen LogP contribution is -2.02. The number of thiophene rings is 1. The Morgan fingerprint density at radius 3 is 1.68 bits per heavy atom. The number of nitrogens with zero attached hydrogens (tertiary/aromatic N) is 3. The maximum absolute atomic E-state index is 5.34. The van der Waals surface area contributed by atoms with Crippen molar-refractivity contribution < 1.29 is 0 Å². The molecule has 10 rings (SSSR count). The first kappa shape index (κ1) is 31.0. The average molecular weight is 694 g/mol. The Hall–Kier alpha value is -6.75. The molecule has 0 atom stereocenters. The van der Waals surface area contributed by atoms with E-state index in [-0.39, 0.29) is 0 Å². The number of benzene rings is 8. The van der Waals surface area contributed by atoms with Crippen molar-refractivity contribution in [3.05, 3.63) is 188 Å². The monoisotopic (exact) mass is 693 g/mol. The summed E-state index contributed by atoms with van der Waals surface area (Å²) < 4.78 is 2.42. The summed E-state index contributed by atoms with van der Waals surface area (Å²) in [6.45, 7) is 0. The van der Waals surface area contributed by atoms with Crippen LogP contribution in [0.15, 0.2) is 188 Å². The van der Waals surface area contributed by atoms with Gasteiger partial charge in [0.25, 0.3) is 0 Å². The molecule has 0 N–H and O–H groups in total. The van der Waals surface area contributed by atoms with Crippen LogP contribution in [-0.2, 0) is 0 Å². The van der Waals surface area contributed by atoms with Crippen molar-refractivity contribution in [1.82, 2.24) is 15.0 Å². The molecule has 0 saturated heterocycles. The lowest BCUT2D eigenvalue weighted by molar-refractivity contribution is 1.08. The Morgan fingerprint density at radius 2 is 0.887 bits per heavy atom. The van der Waals surface area contributed by atoms with Crippen LogP contribution in [0.25, 0.3) is 98.5 Å². The highest BCUT2D eigenvalue weighted by Gasteiger charge is 2.20. The van der Waals surface area contributed by atoms with Crippen molar-refractivity contribution >= 4 is 42.3 Å². The van der Waals surface area contributed by atoms with Gasteiger partial charge in [0.15, 0.2) is 17.5 Å². The molecule has 0 aliphatic rings.